The smallest absolute Gasteiger partial charge is 0.310 e. The van der Waals surface area contributed by atoms with Crippen LogP contribution in [0.25, 0.3) is 0 Å². The standard InChI is InChI=1S/C39H50O15/c1-10-17(2)33(46)53-34-35(7)24-14-25(44)37(9)29(38(24,16-48-34)32(52-21(6)43)28(49-18(3)40)31(35)51-20(5)42)27(45)30(50-19(4)41)36(8)23(22-11-12-47-15-22)13-26-39(36,37)54-26/h11-12,15,17,23-26,28-32,34,44H,10,13-14,16H2,1-9H3/t17-,23+,24+,25-,26-,28+,29?,30+,31-,32+,34-,35-,36-,37-,38+,39-/m1/s1. The number of aliphatic hydroxyl groups excluding tert-OH is 1. The van der Waals surface area contributed by atoms with E-state index in [-0.39, 0.29) is 13.0 Å². The minimum Gasteiger partial charge on any atom is -0.472 e. The number of epoxide rings is 1. The van der Waals surface area contributed by atoms with E-state index in [4.69, 9.17) is 37.6 Å². The molecule has 1 spiro atoms. The first kappa shape index (κ1) is 38.5. The van der Waals surface area contributed by atoms with E-state index >= 15 is 4.79 Å². The molecule has 0 radical (unpaired) electrons. The Labute approximate surface area is 313 Å². The Kier molecular flexibility index (Phi) is 8.97. The third-order valence-corrected chi connectivity index (χ3v) is 14.4. The third-order valence-electron chi connectivity index (χ3n) is 14.4. The number of aliphatic hydroxyl groups is 1. The summed E-state index contributed by atoms with van der Waals surface area (Å²) in [5.41, 5.74) is -6.42. The molecular formula is C39H50O15. The van der Waals surface area contributed by atoms with Crippen molar-refractivity contribution >= 4 is 35.6 Å². The Morgan fingerprint density at radius 1 is 0.889 bits per heavy atom. The Bertz CT molecular complexity index is 1760. The van der Waals surface area contributed by atoms with Crippen LogP contribution in [0.1, 0.15) is 93.1 Å². The number of Topliss-reactive ketones (excluding diaryl/α,β-unsaturated/α-hetero) is 1. The number of fused-ring (bicyclic) bond motifs is 1. The first-order valence-electron chi connectivity index (χ1n) is 18.7. The summed E-state index contributed by atoms with van der Waals surface area (Å²) in [5.74, 6) is -7.50. The molecule has 6 aliphatic rings. The SMILES string of the molecule is CC[C@@H](C)C(=O)O[C@H]1OC[C@@]23C4C(=O)[C@H](OC(C)=O)[C@@]5(C)[C@H](c6ccoc6)C[C@H]6O[C@]65[C@]4(C)[C@H](O)C[C@H]2[C@]1(C)[C@H](OC(C)=O)[C@H](OC(C)=O)[C@@H]3OC(C)=O. The monoisotopic (exact) mass is 758 g/mol. The number of rotatable bonds is 8. The second-order valence-corrected chi connectivity index (χ2v) is 16.9. The van der Waals surface area contributed by atoms with Crippen molar-refractivity contribution in [2.75, 3.05) is 6.61 Å². The lowest BCUT2D eigenvalue weighted by Crippen LogP contribution is -2.85. The van der Waals surface area contributed by atoms with Crippen molar-refractivity contribution in [3.63, 3.8) is 0 Å². The summed E-state index contributed by atoms with van der Waals surface area (Å²) in [6.45, 7) is 13.1. The van der Waals surface area contributed by atoms with E-state index in [0.717, 1.165) is 26.3 Å². The maximum Gasteiger partial charge on any atom is 0.310 e. The van der Waals surface area contributed by atoms with Gasteiger partial charge in [-0.15, -0.1) is 0 Å². The van der Waals surface area contributed by atoms with E-state index in [0.29, 0.717) is 12.8 Å². The van der Waals surface area contributed by atoms with Crippen LogP contribution in [-0.4, -0.2) is 95.9 Å². The largest absolute Gasteiger partial charge is 0.472 e. The van der Waals surface area contributed by atoms with Crippen molar-refractivity contribution in [2.45, 2.75) is 136 Å². The van der Waals surface area contributed by atoms with Gasteiger partial charge in [0.1, 0.15) is 5.60 Å². The van der Waals surface area contributed by atoms with Crippen molar-refractivity contribution < 1.29 is 71.4 Å². The van der Waals surface area contributed by atoms with Gasteiger partial charge in [0, 0.05) is 50.4 Å². The van der Waals surface area contributed by atoms with E-state index in [1.165, 1.54) is 13.2 Å². The molecule has 2 bridgehead atoms. The lowest BCUT2D eigenvalue weighted by atomic mass is 9.33. The van der Waals surface area contributed by atoms with Crippen molar-refractivity contribution in [1.82, 2.24) is 0 Å². The van der Waals surface area contributed by atoms with Crippen LogP contribution in [0.3, 0.4) is 0 Å². The summed E-state index contributed by atoms with van der Waals surface area (Å²) in [7, 11) is 0. The molecular weight excluding hydrogens is 708 g/mol. The maximum atomic E-state index is 15.8. The molecule has 1 unspecified atom stereocenters. The molecule has 0 amide bonds. The Balaban J connectivity index is 1.50. The summed E-state index contributed by atoms with van der Waals surface area (Å²) in [6.07, 6.45) is -5.23. The Morgan fingerprint density at radius 3 is 2.09 bits per heavy atom. The second-order valence-electron chi connectivity index (χ2n) is 16.9. The second kappa shape index (κ2) is 12.6. The number of hydrogen-bond donors (Lipinski definition) is 1. The lowest BCUT2D eigenvalue weighted by molar-refractivity contribution is -0.391. The zero-order valence-electron chi connectivity index (χ0n) is 32.1. The molecule has 54 heavy (non-hydrogen) atoms. The molecule has 16 atom stereocenters. The summed E-state index contributed by atoms with van der Waals surface area (Å²) >= 11 is 0. The normalized spacial score (nSPS) is 46.0. The van der Waals surface area contributed by atoms with Gasteiger partial charge in [-0.2, -0.15) is 0 Å². The number of carbonyl (C=O) groups is 6. The van der Waals surface area contributed by atoms with Gasteiger partial charge in [-0.3, -0.25) is 28.8 Å². The van der Waals surface area contributed by atoms with Gasteiger partial charge < -0.3 is 42.7 Å². The zero-order chi connectivity index (χ0) is 39.5. The van der Waals surface area contributed by atoms with Crippen molar-refractivity contribution in [3.05, 3.63) is 24.2 Å². The molecule has 15 nitrogen and oxygen atoms in total. The highest BCUT2D eigenvalue weighted by Gasteiger charge is 2.93. The predicted octanol–water partition coefficient (Wildman–Crippen LogP) is 3.18. The highest BCUT2D eigenvalue weighted by Crippen LogP contribution is 2.83. The molecule has 296 valence electrons. The average Bonchev–Trinajstić information content (AvgIpc) is 3.45. The molecule has 1 aromatic rings. The zero-order valence-corrected chi connectivity index (χ0v) is 32.1. The number of ether oxygens (including phenoxy) is 7. The van der Waals surface area contributed by atoms with Crippen molar-refractivity contribution in [1.29, 1.82) is 0 Å². The summed E-state index contributed by atoms with van der Waals surface area (Å²) < 4.78 is 48.9. The van der Waals surface area contributed by atoms with Crippen LogP contribution in [0.15, 0.2) is 23.0 Å². The van der Waals surface area contributed by atoms with Crippen LogP contribution in [0.5, 0.6) is 0 Å². The van der Waals surface area contributed by atoms with Crippen LogP contribution < -0.4 is 0 Å². The quantitative estimate of drug-likeness (QED) is 0.230. The first-order valence-corrected chi connectivity index (χ1v) is 18.7. The molecule has 2 aliphatic heterocycles. The Hall–Kier alpha value is -3.82. The molecule has 3 heterocycles. The third kappa shape index (κ3) is 4.76. The van der Waals surface area contributed by atoms with E-state index < -0.39 is 129 Å². The van der Waals surface area contributed by atoms with Crippen LogP contribution in [0, 0.1) is 39.4 Å². The maximum absolute atomic E-state index is 15.8. The number of ketones is 1. The van der Waals surface area contributed by atoms with E-state index in [1.54, 1.807) is 33.1 Å². The minimum absolute atomic E-state index is 0.0810. The van der Waals surface area contributed by atoms with Crippen molar-refractivity contribution in [3.8, 4) is 0 Å². The van der Waals surface area contributed by atoms with Gasteiger partial charge in [-0.25, -0.2) is 0 Å². The van der Waals surface area contributed by atoms with Crippen LogP contribution in [-0.2, 0) is 61.9 Å². The van der Waals surface area contributed by atoms with Gasteiger partial charge in [0.15, 0.2) is 30.2 Å². The first-order chi connectivity index (χ1) is 25.3. The summed E-state index contributed by atoms with van der Waals surface area (Å²) in [4.78, 5) is 81.2. The van der Waals surface area contributed by atoms with Gasteiger partial charge in [0.05, 0.1) is 48.1 Å². The van der Waals surface area contributed by atoms with Gasteiger partial charge in [-0.1, -0.05) is 27.7 Å². The molecule has 0 aromatic carbocycles. The number of carbonyl (C=O) groups excluding carboxylic acids is 6. The molecule has 1 aromatic heterocycles. The molecule has 6 fully saturated rings. The topological polar surface area (TPSA) is 204 Å². The van der Waals surface area contributed by atoms with Crippen LogP contribution >= 0.6 is 0 Å². The van der Waals surface area contributed by atoms with Crippen LogP contribution in [0.4, 0.5) is 0 Å². The van der Waals surface area contributed by atoms with E-state index in [1.807, 2.05) is 13.8 Å². The molecule has 2 saturated heterocycles. The minimum atomic E-state index is -1.65. The van der Waals surface area contributed by atoms with Gasteiger partial charge in [0.2, 0.25) is 6.29 Å². The van der Waals surface area contributed by atoms with Gasteiger partial charge in [-0.05, 0) is 43.7 Å². The summed E-state index contributed by atoms with van der Waals surface area (Å²) in [5, 5.41) is 12.8. The molecule has 1 N–H and O–H groups in total. The summed E-state index contributed by atoms with van der Waals surface area (Å²) in [6, 6.07) is 1.79. The van der Waals surface area contributed by atoms with Gasteiger partial charge >= 0.3 is 29.8 Å². The predicted molar refractivity (Wildman–Crippen MR) is 181 cm³/mol. The highest BCUT2D eigenvalue weighted by atomic mass is 16.7. The van der Waals surface area contributed by atoms with Crippen LogP contribution in [0.2, 0.25) is 0 Å². The number of furan rings is 1. The van der Waals surface area contributed by atoms with Crippen molar-refractivity contribution in [2.24, 2.45) is 39.4 Å². The van der Waals surface area contributed by atoms with E-state index in [9.17, 15) is 29.1 Å². The molecule has 7 rings (SSSR count). The Morgan fingerprint density at radius 2 is 1.52 bits per heavy atom. The van der Waals surface area contributed by atoms with E-state index in [2.05, 4.69) is 0 Å². The fourth-order valence-corrected chi connectivity index (χ4v) is 12.2. The average molecular weight is 759 g/mol. The molecule has 15 heteroatoms. The van der Waals surface area contributed by atoms with Gasteiger partial charge in [0.25, 0.3) is 0 Å². The fourth-order valence-electron chi connectivity index (χ4n) is 12.2. The number of esters is 5. The fraction of sp³-hybridized carbons (Fsp3) is 0.744. The number of hydrogen-bond acceptors (Lipinski definition) is 15. The molecule has 4 saturated carbocycles. The molecule has 4 aliphatic carbocycles. The highest BCUT2D eigenvalue weighted by molar-refractivity contribution is 5.93. The lowest BCUT2D eigenvalue weighted by Gasteiger charge is -2.73.